The van der Waals surface area contributed by atoms with E-state index in [1.54, 1.807) is 0 Å². The highest BCUT2D eigenvalue weighted by atomic mass is 79.9. The maximum absolute atomic E-state index is 4.52. The molecule has 0 amide bonds. The van der Waals surface area contributed by atoms with E-state index in [4.69, 9.17) is 0 Å². The van der Waals surface area contributed by atoms with E-state index in [1.165, 1.54) is 12.8 Å². The molecule has 4 nitrogen and oxygen atoms in total. The van der Waals surface area contributed by atoms with Crippen molar-refractivity contribution in [1.29, 1.82) is 0 Å². The second-order valence-electron chi connectivity index (χ2n) is 5.69. The maximum atomic E-state index is 4.52. The molecule has 1 aliphatic rings. The molecule has 106 valence electrons. The van der Waals surface area contributed by atoms with Crippen molar-refractivity contribution in [2.75, 3.05) is 23.7 Å². The summed E-state index contributed by atoms with van der Waals surface area (Å²) in [5.41, 5.74) is 0.474. The van der Waals surface area contributed by atoms with E-state index in [0.29, 0.717) is 11.4 Å². The molecule has 0 bridgehead atoms. The van der Waals surface area contributed by atoms with Crippen LogP contribution in [0.3, 0.4) is 0 Å². The average molecular weight is 327 g/mol. The normalized spacial score (nSPS) is 16.5. The van der Waals surface area contributed by atoms with Crippen LogP contribution in [0.2, 0.25) is 0 Å². The number of hydrogen-bond acceptors (Lipinski definition) is 4. The van der Waals surface area contributed by atoms with Crippen LogP contribution in [0.4, 0.5) is 11.8 Å². The smallest absolute Gasteiger partial charge is 0.224 e. The molecular formula is C14H23BrN4. The SMILES string of the molecule is CCCNc1ncc(Br)c(NCC2(C(C)C)CC2)n1. The third-order valence-electron chi connectivity index (χ3n) is 4.00. The molecule has 1 fully saturated rings. The molecule has 5 heteroatoms. The predicted molar refractivity (Wildman–Crippen MR) is 83.5 cm³/mol. The van der Waals surface area contributed by atoms with Crippen LogP contribution in [-0.4, -0.2) is 23.1 Å². The minimum atomic E-state index is 0.474. The van der Waals surface area contributed by atoms with Crippen LogP contribution in [0.1, 0.15) is 40.0 Å². The van der Waals surface area contributed by atoms with Crippen LogP contribution in [0.5, 0.6) is 0 Å². The van der Waals surface area contributed by atoms with Gasteiger partial charge >= 0.3 is 0 Å². The van der Waals surface area contributed by atoms with Crippen LogP contribution in [0.25, 0.3) is 0 Å². The summed E-state index contributed by atoms with van der Waals surface area (Å²) in [7, 11) is 0. The van der Waals surface area contributed by atoms with Gasteiger partial charge in [-0.1, -0.05) is 20.8 Å². The fraction of sp³-hybridized carbons (Fsp3) is 0.714. The Bertz CT molecular complexity index is 429. The van der Waals surface area contributed by atoms with Crippen molar-refractivity contribution in [3.05, 3.63) is 10.7 Å². The fourth-order valence-electron chi connectivity index (χ4n) is 2.19. The second-order valence-corrected chi connectivity index (χ2v) is 6.54. The summed E-state index contributed by atoms with van der Waals surface area (Å²) in [5, 5.41) is 6.69. The first kappa shape index (κ1) is 14.6. The Labute approximate surface area is 123 Å². The summed E-state index contributed by atoms with van der Waals surface area (Å²) < 4.78 is 0.925. The molecule has 0 aliphatic heterocycles. The van der Waals surface area contributed by atoms with Crippen LogP contribution in [0.15, 0.2) is 10.7 Å². The molecule has 1 aliphatic carbocycles. The monoisotopic (exact) mass is 326 g/mol. The highest BCUT2D eigenvalue weighted by Crippen LogP contribution is 2.51. The van der Waals surface area contributed by atoms with Gasteiger partial charge < -0.3 is 10.6 Å². The molecular weight excluding hydrogens is 304 g/mol. The van der Waals surface area contributed by atoms with Crippen LogP contribution in [-0.2, 0) is 0 Å². The quantitative estimate of drug-likeness (QED) is 0.797. The summed E-state index contributed by atoms with van der Waals surface area (Å²) >= 11 is 3.51. The summed E-state index contributed by atoms with van der Waals surface area (Å²) in [6, 6.07) is 0. The van der Waals surface area contributed by atoms with E-state index in [2.05, 4.69) is 57.3 Å². The summed E-state index contributed by atoms with van der Waals surface area (Å²) in [6.07, 6.45) is 5.52. The standard InChI is InChI=1S/C14H23BrN4/c1-4-7-16-13-17-8-11(15)12(19-13)18-9-14(5-6-14)10(2)3/h8,10H,4-7,9H2,1-3H3,(H2,16,17,18,19). The van der Waals surface area contributed by atoms with Gasteiger partial charge in [-0.05, 0) is 46.5 Å². The van der Waals surface area contributed by atoms with Gasteiger partial charge in [-0.2, -0.15) is 4.98 Å². The molecule has 1 aromatic rings. The van der Waals surface area contributed by atoms with Crippen LogP contribution in [0, 0.1) is 11.3 Å². The second kappa shape index (κ2) is 6.07. The van der Waals surface area contributed by atoms with Gasteiger partial charge in [0, 0.05) is 19.3 Å². The highest BCUT2D eigenvalue weighted by molar-refractivity contribution is 9.10. The first-order valence-electron chi connectivity index (χ1n) is 7.07. The van der Waals surface area contributed by atoms with Gasteiger partial charge in [-0.25, -0.2) is 4.98 Å². The first-order chi connectivity index (χ1) is 9.07. The molecule has 0 atom stereocenters. The number of rotatable bonds is 7. The zero-order valence-electron chi connectivity index (χ0n) is 12.0. The van der Waals surface area contributed by atoms with Crippen molar-refractivity contribution in [3.8, 4) is 0 Å². The minimum Gasteiger partial charge on any atom is -0.368 e. The van der Waals surface area contributed by atoms with Gasteiger partial charge in [0.15, 0.2) is 0 Å². The molecule has 2 N–H and O–H groups in total. The highest BCUT2D eigenvalue weighted by Gasteiger charge is 2.45. The Morgan fingerprint density at radius 3 is 2.68 bits per heavy atom. The lowest BCUT2D eigenvalue weighted by molar-refractivity contribution is 0.380. The number of aromatic nitrogens is 2. The number of nitrogens with one attached hydrogen (secondary N) is 2. The first-order valence-corrected chi connectivity index (χ1v) is 7.87. The Kier molecular flexibility index (Phi) is 4.66. The van der Waals surface area contributed by atoms with E-state index in [9.17, 15) is 0 Å². The predicted octanol–water partition coefficient (Wildman–Crippen LogP) is 3.91. The molecule has 2 rings (SSSR count). The van der Waals surface area contributed by atoms with Crippen molar-refractivity contribution < 1.29 is 0 Å². The number of halogens is 1. The maximum Gasteiger partial charge on any atom is 0.224 e. The lowest BCUT2D eigenvalue weighted by Crippen LogP contribution is -2.21. The molecule has 0 spiro atoms. The third-order valence-corrected chi connectivity index (χ3v) is 4.58. The Hall–Kier alpha value is -0.840. The molecule has 0 saturated heterocycles. The number of anilines is 2. The average Bonchev–Trinajstić information content (AvgIpc) is 3.17. The summed E-state index contributed by atoms with van der Waals surface area (Å²) in [4.78, 5) is 8.78. The van der Waals surface area contributed by atoms with Gasteiger partial charge in [0.05, 0.1) is 4.47 Å². The van der Waals surface area contributed by atoms with Crippen LogP contribution >= 0.6 is 15.9 Å². The van der Waals surface area contributed by atoms with Crippen LogP contribution < -0.4 is 10.6 Å². The summed E-state index contributed by atoms with van der Waals surface area (Å²) in [6.45, 7) is 8.63. The number of hydrogen-bond donors (Lipinski definition) is 2. The molecule has 1 heterocycles. The van der Waals surface area contributed by atoms with Gasteiger partial charge in [0.1, 0.15) is 5.82 Å². The van der Waals surface area contributed by atoms with E-state index < -0.39 is 0 Å². The Balaban J connectivity index is 1.99. The molecule has 0 radical (unpaired) electrons. The van der Waals surface area contributed by atoms with Crippen molar-refractivity contribution in [2.45, 2.75) is 40.0 Å². The largest absolute Gasteiger partial charge is 0.368 e. The van der Waals surface area contributed by atoms with E-state index in [0.717, 1.165) is 35.7 Å². The van der Waals surface area contributed by atoms with Crippen molar-refractivity contribution in [3.63, 3.8) is 0 Å². The lowest BCUT2D eigenvalue weighted by Gasteiger charge is -2.20. The van der Waals surface area contributed by atoms with Gasteiger partial charge in [0.25, 0.3) is 0 Å². The van der Waals surface area contributed by atoms with Crippen molar-refractivity contribution in [1.82, 2.24) is 9.97 Å². The van der Waals surface area contributed by atoms with Crippen molar-refractivity contribution >= 4 is 27.7 Å². The topological polar surface area (TPSA) is 49.8 Å². The molecule has 1 saturated carbocycles. The Morgan fingerprint density at radius 1 is 1.37 bits per heavy atom. The zero-order valence-corrected chi connectivity index (χ0v) is 13.5. The molecule has 0 unspecified atom stereocenters. The Morgan fingerprint density at radius 2 is 2.11 bits per heavy atom. The molecule has 19 heavy (non-hydrogen) atoms. The summed E-state index contributed by atoms with van der Waals surface area (Å²) in [5.74, 6) is 2.31. The van der Waals surface area contributed by atoms with Gasteiger partial charge in [-0.15, -0.1) is 0 Å². The zero-order chi connectivity index (χ0) is 13.9. The number of nitrogens with zero attached hydrogens (tertiary/aromatic N) is 2. The third kappa shape index (κ3) is 3.59. The lowest BCUT2D eigenvalue weighted by atomic mass is 9.92. The molecule has 0 aromatic carbocycles. The van der Waals surface area contributed by atoms with E-state index in [1.807, 2.05) is 6.20 Å². The molecule has 1 aromatic heterocycles. The van der Waals surface area contributed by atoms with Gasteiger partial charge in [0.2, 0.25) is 5.95 Å². The minimum absolute atomic E-state index is 0.474. The van der Waals surface area contributed by atoms with E-state index in [-0.39, 0.29) is 0 Å². The van der Waals surface area contributed by atoms with Gasteiger partial charge in [-0.3, -0.25) is 0 Å². The fourth-order valence-corrected chi connectivity index (χ4v) is 2.52. The van der Waals surface area contributed by atoms with E-state index >= 15 is 0 Å². The van der Waals surface area contributed by atoms with Crippen molar-refractivity contribution in [2.24, 2.45) is 11.3 Å².